The minimum absolute atomic E-state index is 0.0548. The van der Waals surface area contributed by atoms with Gasteiger partial charge in [0.1, 0.15) is 0 Å². The van der Waals surface area contributed by atoms with Crippen LogP contribution in [0.5, 0.6) is 0 Å². The van der Waals surface area contributed by atoms with Gasteiger partial charge < -0.3 is 10.2 Å². The minimum atomic E-state index is -0.0548. The van der Waals surface area contributed by atoms with Crippen LogP contribution in [0.25, 0.3) is 0 Å². The molecule has 1 unspecified atom stereocenters. The van der Waals surface area contributed by atoms with E-state index in [4.69, 9.17) is 23.2 Å². The first-order valence-electron chi connectivity index (χ1n) is 6.49. The maximum Gasteiger partial charge on any atom is 0.280 e. The molecule has 2 rings (SSSR count). The highest BCUT2D eigenvalue weighted by Crippen LogP contribution is 2.22. The molecule has 1 aliphatic heterocycles. The number of likely N-dealkylation sites (tertiary alicyclic amines) is 1. The number of piperidine rings is 1. The number of rotatable bonds is 3. The summed E-state index contributed by atoms with van der Waals surface area (Å²) in [5.74, 6) is 1.01. The highest BCUT2D eigenvalue weighted by Gasteiger charge is 2.22. The Hall–Kier alpha value is -0.840. The zero-order chi connectivity index (χ0) is 13.8. The number of aromatic nitrogens is 1. The summed E-state index contributed by atoms with van der Waals surface area (Å²) < 4.78 is 0. The van der Waals surface area contributed by atoms with E-state index in [1.165, 1.54) is 23.9 Å². The topological polar surface area (TPSA) is 46.4 Å². The number of pyridine rings is 1. The second kappa shape index (κ2) is 6.55. The molecule has 6 heteroatoms. The van der Waals surface area contributed by atoms with E-state index in [9.17, 15) is 4.79 Å². The normalized spacial score (nSPS) is 23.1. The van der Waals surface area contributed by atoms with Crippen LogP contribution in [0.1, 0.15) is 19.8 Å². The van der Waals surface area contributed by atoms with E-state index >= 15 is 0 Å². The van der Waals surface area contributed by atoms with Gasteiger partial charge in [0.05, 0.1) is 23.1 Å². The van der Waals surface area contributed by atoms with Crippen molar-refractivity contribution in [1.82, 2.24) is 4.98 Å². The van der Waals surface area contributed by atoms with Crippen LogP contribution >= 0.6 is 23.2 Å². The van der Waals surface area contributed by atoms with Crippen molar-refractivity contribution < 1.29 is 9.69 Å². The molecule has 19 heavy (non-hydrogen) atoms. The lowest BCUT2D eigenvalue weighted by molar-refractivity contribution is -0.900. The Morgan fingerprint density at radius 1 is 1.58 bits per heavy atom. The third-order valence-electron chi connectivity index (χ3n) is 3.34. The van der Waals surface area contributed by atoms with Gasteiger partial charge in [-0.2, -0.15) is 0 Å². The summed E-state index contributed by atoms with van der Waals surface area (Å²) in [5, 5.41) is 3.56. The fraction of sp³-hybridized carbons (Fsp3) is 0.538. The molecule has 0 aromatic carbocycles. The first kappa shape index (κ1) is 14.6. The van der Waals surface area contributed by atoms with E-state index in [-0.39, 0.29) is 5.91 Å². The molecular formula is C13H18Cl2N3O+. The van der Waals surface area contributed by atoms with Gasteiger partial charge in [-0.15, -0.1) is 0 Å². The van der Waals surface area contributed by atoms with Crippen LogP contribution in [0.4, 0.5) is 5.82 Å². The Morgan fingerprint density at radius 2 is 2.37 bits per heavy atom. The molecule has 2 atom stereocenters. The number of hydrogen-bond acceptors (Lipinski definition) is 2. The van der Waals surface area contributed by atoms with Gasteiger partial charge in [0.15, 0.2) is 12.4 Å². The maximum atomic E-state index is 12.0. The van der Waals surface area contributed by atoms with Crippen LogP contribution in [0.2, 0.25) is 10.0 Å². The van der Waals surface area contributed by atoms with Crippen molar-refractivity contribution in [1.29, 1.82) is 0 Å². The minimum Gasteiger partial charge on any atom is -0.327 e. The van der Waals surface area contributed by atoms with Crippen LogP contribution in [-0.4, -0.2) is 30.5 Å². The molecule has 1 aromatic rings. The molecule has 0 bridgehead atoms. The Labute approximate surface area is 123 Å². The summed E-state index contributed by atoms with van der Waals surface area (Å²) in [7, 11) is 0. The van der Waals surface area contributed by atoms with Crippen molar-refractivity contribution in [3.05, 3.63) is 22.3 Å². The zero-order valence-corrected chi connectivity index (χ0v) is 12.4. The monoisotopic (exact) mass is 302 g/mol. The number of carbonyl (C=O) groups is 1. The molecule has 2 heterocycles. The van der Waals surface area contributed by atoms with Crippen LogP contribution in [-0.2, 0) is 4.79 Å². The van der Waals surface area contributed by atoms with Gasteiger partial charge in [0.2, 0.25) is 0 Å². The molecule has 4 nitrogen and oxygen atoms in total. The van der Waals surface area contributed by atoms with Crippen molar-refractivity contribution in [2.75, 3.05) is 25.0 Å². The molecule has 1 amide bonds. The third-order valence-corrected chi connectivity index (χ3v) is 3.84. The molecule has 0 radical (unpaired) electrons. The third kappa shape index (κ3) is 4.34. The van der Waals surface area contributed by atoms with Gasteiger partial charge in [0, 0.05) is 12.1 Å². The zero-order valence-electron chi connectivity index (χ0n) is 10.9. The fourth-order valence-electron chi connectivity index (χ4n) is 2.47. The van der Waals surface area contributed by atoms with E-state index in [2.05, 4.69) is 17.2 Å². The average molecular weight is 303 g/mol. The molecular weight excluding hydrogens is 285 g/mol. The molecule has 1 saturated heterocycles. The second-order valence-electron chi connectivity index (χ2n) is 5.16. The van der Waals surface area contributed by atoms with E-state index in [0.717, 1.165) is 13.1 Å². The summed E-state index contributed by atoms with van der Waals surface area (Å²) >= 11 is 11.7. The Bertz CT molecular complexity index is 467. The SMILES string of the molecule is C[C@@H]1CCC[NH+](CC(=O)Nc2ncc(Cl)cc2Cl)C1. The summed E-state index contributed by atoms with van der Waals surface area (Å²) in [6.45, 7) is 4.80. The fourth-order valence-corrected chi connectivity index (χ4v) is 2.90. The first-order valence-corrected chi connectivity index (χ1v) is 7.24. The summed E-state index contributed by atoms with van der Waals surface area (Å²) in [4.78, 5) is 17.3. The van der Waals surface area contributed by atoms with Crippen molar-refractivity contribution in [3.8, 4) is 0 Å². The van der Waals surface area contributed by atoms with Gasteiger partial charge in [-0.1, -0.05) is 30.1 Å². The number of carbonyl (C=O) groups excluding carboxylic acids is 1. The van der Waals surface area contributed by atoms with Gasteiger partial charge >= 0.3 is 0 Å². The number of halogens is 2. The molecule has 0 saturated carbocycles. The number of anilines is 1. The predicted molar refractivity (Wildman–Crippen MR) is 76.8 cm³/mol. The van der Waals surface area contributed by atoms with Crippen LogP contribution < -0.4 is 10.2 Å². The molecule has 104 valence electrons. The summed E-state index contributed by atoms with van der Waals surface area (Å²) in [5.41, 5.74) is 0. The molecule has 1 fully saturated rings. The van der Waals surface area contributed by atoms with Gasteiger partial charge in [-0.25, -0.2) is 4.98 Å². The van der Waals surface area contributed by atoms with Gasteiger partial charge in [-0.3, -0.25) is 4.79 Å². The van der Waals surface area contributed by atoms with Crippen LogP contribution in [0.15, 0.2) is 12.3 Å². The van der Waals surface area contributed by atoms with Crippen molar-refractivity contribution in [2.24, 2.45) is 5.92 Å². The number of nitrogens with zero attached hydrogens (tertiary/aromatic N) is 1. The maximum absolute atomic E-state index is 12.0. The number of amides is 1. The Kier molecular flexibility index (Phi) is 5.02. The molecule has 0 aliphatic carbocycles. The average Bonchev–Trinajstić information content (AvgIpc) is 2.33. The van der Waals surface area contributed by atoms with E-state index in [0.29, 0.717) is 28.3 Å². The Balaban J connectivity index is 1.90. The van der Waals surface area contributed by atoms with E-state index in [1.54, 1.807) is 6.07 Å². The van der Waals surface area contributed by atoms with Crippen molar-refractivity contribution in [2.45, 2.75) is 19.8 Å². The second-order valence-corrected chi connectivity index (χ2v) is 6.00. The van der Waals surface area contributed by atoms with Gasteiger partial charge in [0.25, 0.3) is 5.91 Å². The lowest BCUT2D eigenvalue weighted by Gasteiger charge is -2.27. The molecule has 1 aliphatic rings. The van der Waals surface area contributed by atoms with E-state index in [1.807, 2.05) is 0 Å². The molecule has 0 spiro atoms. The number of hydrogen-bond donors (Lipinski definition) is 2. The summed E-state index contributed by atoms with van der Waals surface area (Å²) in [6.07, 6.45) is 3.91. The van der Waals surface area contributed by atoms with Crippen LogP contribution in [0, 0.1) is 5.92 Å². The molecule has 1 aromatic heterocycles. The van der Waals surface area contributed by atoms with Crippen molar-refractivity contribution in [3.63, 3.8) is 0 Å². The summed E-state index contributed by atoms with van der Waals surface area (Å²) in [6, 6.07) is 1.57. The van der Waals surface area contributed by atoms with Crippen LogP contribution in [0.3, 0.4) is 0 Å². The smallest absolute Gasteiger partial charge is 0.280 e. The number of nitrogens with one attached hydrogen (secondary N) is 2. The molecule has 2 N–H and O–H groups in total. The Morgan fingerprint density at radius 3 is 3.05 bits per heavy atom. The quantitative estimate of drug-likeness (QED) is 0.892. The van der Waals surface area contributed by atoms with E-state index < -0.39 is 0 Å². The van der Waals surface area contributed by atoms with Crippen molar-refractivity contribution >= 4 is 34.9 Å². The predicted octanol–water partition coefficient (Wildman–Crippen LogP) is 1.64. The largest absolute Gasteiger partial charge is 0.327 e. The highest BCUT2D eigenvalue weighted by molar-refractivity contribution is 6.36. The first-order chi connectivity index (χ1) is 9.04. The lowest BCUT2D eigenvalue weighted by atomic mass is 10.0. The standard InChI is InChI=1S/C13H17Cl2N3O/c1-9-3-2-4-18(7-9)8-12(19)17-13-11(15)5-10(14)6-16-13/h5-6,9H,2-4,7-8H2,1H3,(H,16,17,19)/p+1/t9-/m1/s1. The number of quaternary nitrogens is 1. The lowest BCUT2D eigenvalue weighted by Crippen LogP contribution is -3.14. The highest BCUT2D eigenvalue weighted by atomic mass is 35.5. The van der Waals surface area contributed by atoms with Gasteiger partial charge in [-0.05, 0) is 18.9 Å².